The highest BCUT2D eigenvalue weighted by atomic mass is 16.6. The summed E-state index contributed by atoms with van der Waals surface area (Å²) in [5.41, 5.74) is 0.434. The number of non-ortho nitro benzene ring substituents is 1. The van der Waals surface area contributed by atoms with E-state index in [1.807, 2.05) is 0 Å². The Kier molecular flexibility index (Phi) is 2.19. The third-order valence-electron chi connectivity index (χ3n) is 2.48. The lowest BCUT2D eigenvalue weighted by atomic mass is 10.1. The normalized spacial score (nSPS) is 14.2. The maximum Gasteiger partial charge on any atom is 0.299 e. The number of carbonyl (C=O) groups is 2. The highest BCUT2D eigenvalue weighted by Gasteiger charge is 2.35. The molecule has 6 heteroatoms. The van der Waals surface area contributed by atoms with Crippen molar-refractivity contribution >= 4 is 23.1 Å². The number of fused-ring (bicyclic) bond motifs is 1. The number of nitro benzene ring substituents is 1. The minimum atomic E-state index is -0.627. The van der Waals surface area contributed by atoms with Gasteiger partial charge in [-0.25, -0.2) is 0 Å². The molecular weight excluding hydrogens is 212 g/mol. The third-order valence-corrected chi connectivity index (χ3v) is 2.48. The quantitative estimate of drug-likeness (QED) is 0.425. The Labute approximate surface area is 90.6 Å². The van der Waals surface area contributed by atoms with Crippen LogP contribution in [-0.4, -0.2) is 23.2 Å². The van der Waals surface area contributed by atoms with Gasteiger partial charge in [-0.05, 0) is 13.0 Å². The molecule has 6 nitrogen and oxygen atoms in total. The molecule has 1 aliphatic rings. The summed E-state index contributed by atoms with van der Waals surface area (Å²) in [6, 6.07) is 3.80. The van der Waals surface area contributed by atoms with E-state index >= 15 is 0 Å². The molecular formula is C10H8N2O4. The number of anilines is 1. The van der Waals surface area contributed by atoms with Crippen molar-refractivity contribution in [3.05, 3.63) is 33.9 Å². The van der Waals surface area contributed by atoms with Gasteiger partial charge >= 0.3 is 0 Å². The topological polar surface area (TPSA) is 80.5 Å². The molecule has 0 atom stereocenters. The van der Waals surface area contributed by atoms with E-state index in [0.717, 1.165) is 0 Å². The maximum atomic E-state index is 11.5. The van der Waals surface area contributed by atoms with E-state index in [1.165, 1.54) is 23.1 Å². The van der Waals surface area contributed by atoms with Gasteiger partial charge in [0.15, 0.2) is 0 Å². The molecule has 0 bridgehead atoms. The minimum Gasteiger partial charge on any atom is -0.305 e. The Bertz CT molecular complexity index is 510. The van der Waals surface area contributed by atoms with Crippen molar-refractivity contribution < 1.29 is 14.5 Å². The number of carbonyl (C=O) groups excluding carboxylic acids is 2. The van der Waals surface area contributed by atoms with Gasteiger partial charge in [0, 0.05) is 18.7 Å². The fourth-order valence-corrected chi connectivity index (χ4v) is 1.71. The fraction of sp³-hybridized carbons (Fsp3) is 0.200. The first-order chi connectivity index (χ1) is 7.56. The zero-order valence-electron chi connectivity index (χ0n) is 8.47. The van der Waals surface area contributed by atoms with Gasteiger partial charge in [0.25, 0.3) is 17.4 Å². The van der Waals surface area contributed by atoms with Gasteiger partial charge < -0.3 is 4.90 Å². The van der Waals surface area contributed by atoms with Gasteiger partial charge in [-0.15, -0.1) is 0 Å². The summed E-state index contributed by atoms with van der Waals surface area (Å²) in [5.74, 6) is -1.23. The molecule has 16 heavy (non-hydrogen) atoms. The zero-order chi connectivity index (χ0) is 11.9. The molecule has 0 aromatic heterocycles. The molecule has 82 valence electrons. The number of nitrogens with zero attached hydrogens (tertiary/aromatic N) is 2. The van der Waals surface area contributed by atoms with Crippen molar-refractivity contribution in [1.29, 1.82) is 0 Å². The number of hydrogen-bond acceptors (Lipinski definition) is 4. The molecule has 0 aliphatic carbocycles. The second kappa shape index (κ2) is 3.41. The predicted molar refractivity (Wildman–Crippen MR) is 55.5 cm³/mol. The monoisotopic (exact) mass is 220 g/mol. The van der Waals surface area contributed by atoms with Crippen molar-refractivity contribution in [3.63, 3.8) is 0 Å². The van der Waals surface area contributed by atoms with Crippen molar-refractivity contribution in [2.24, 2.45) is 0 Å². The second-order valence-corrected chi connectivity index (χ2v) is 3.34. The second-order valence-electron chi connectivity index (χ2n) is 3.34. The van der Waals surface area contributed by atoms with Gasteiger partial charge in [0.05, 0.1) is 16.2 Å². The molecule has 0 radical (unpaired) electrons. The first kappa shape index (κ1) is 10.3. The van der Waals surface area contributed by atoms with E-state index in [-0.39, 0.29) is 11.3 Å². The Morgan fingerprint density at radius 1 is 1.38 bits per heavy atom. The third kappa shape index (κ3) is 1.27. The summed E-state index contributed by atoms with van der Waals surface area (Å²) in [6.07, 6.45) is 0. The Morgan fingerprint density at radius 3 is 2.62 bits per heavy atom. The average molecular weight is 220 g/mol. The molecule has 1 amide bonds. The van der Waals surface area contributed by atoms with Gasteiger partial charge in [-0.1, -0.05) is 0 Å². The number of amides is 1. The molecule has 1 heterocycles. The fourth-order valence-electron chi connectivity index (χ4n) is 1.71. The number of ketones is 1. The number of Topliss-reactive ketones (excluding diaryl/α,β-unsaturated/α-hetero) is 1. The van der Waals surface area contributed by atoms with Crippen LogP contribution in [0.4, 0.5) is 11.4 Å². The molecule has 0 fully saturated rings. The predicted octanol–water partition coefficient (Wildman–Crippen LogP) is 1.14. The molecule has 0 N–H and O–H groups in total. The van der Waals surface area contributed by atoms with Gasteiger partial charge in [0.2, 0.25) is 0 Å². The van der Waals surface area contributed by atoms with Crippen LogP contribution in [0.1, 0.15) is 17.3 Å². The highest BCUT2D eigenvalue weighted by molar-refractivity contribution is 6.52. The molecule has 1 aromatic rings. The van der Waals surface area contributed by atoms with E-state index in [1.54, 1.807) is 6.92 Å². The van der Waals surface area contributed by atoms with Crippen LogP contribution in [0.2, 0.25) is 0 Å². The van der Waals surface area contributed by atoms with Crippen LogP contribution < -0.4 is 4.90 Å². The lowest BCUT2D eigenvalue weighted by Crippen LogP contribution is -2.29. The van der Waals surface area contributed by atoms with E-state index in [4.69, 9.17) is 0 Å². The average Bonchev–Trinajstić information content (AvgIpc) is 2.51. The molecule has 0 saturated carbocycles. The van der Waals surface area contributed by atoms with Gasteiger partial charge in [0.1, 0.15) is 0 Å². The summed E-state index contributed by atoms with van der Waals surface area (Å²) in [5, 5.41) is 10.6. The van der Waals surface area contributed by atoms with Crippen molar-refractivity contribution in [3.8, 4) is 0 Å². The van der Waals surface area contributed by atoms with Crippen molar-refractivity contribution in [2.45, 2.75) is 6.92 Å². The smallest absolute Gasteiger partial charge is 0.299 e. The standard InChI is InChI=1S/C10H8N2O4/c1-2-11-8-5-6(12(15)16)3-4-7(8)9(13)10(11)14/h3-5H,2H2,1H3. The van der Waals surface area contributed by atoms with Crippen LogP contribution in [0.25, 0.3) is 0 Å². The summed E-state index contributed by atoms with van der Waals surface area (Å²) in [7, 11) is 0. The highest BCUT2D eigenvalue weighted by Crippen LogP contribution is 2.31. The molecule has 0 spiro atoms. The van der Waals surface area contributed by atoms with Crippen LogP contribution in [0.5, 0.6) is 0 Å². The Hall–Kier alpha value is -2.24. The molecule has 0 unspecified atom stereocenters. The molecule has 0 saturated heterocycles. The lowest BCUT2D eigenvalue weighted by Gasteiger charge is -2.12. The number of hydrogen-bond donors (Lipinski definition) is 0. The largest absolute Gasteiger partial charge is 0.305 e. The number of nitro groups is 1. The molecule has 1 aromatic carbocycles. The minimum absolute atomic E-state index is 0.125. The van der Waals surface area contributed by atoms with Crippen molar-refractivity contribution in [2.75, 3.05) is 11.4 Å². The van der Waals surface area contributed by atoms with Crippen LogP contribution >= 0.6 is 0 Å². The van der Waals surface area contributed by atoms with Crippen LogP contribution in [0.3, 0.4) is 0 Å². The van der Waals surface area contributed by atoms with Crippen LogP contribution in [0.15, 0.2) is 18.2 Å². The van der Waals surface area contributed by atoms with E-state index < -0.39 is 16.6 Å². The van der Waals surface area contributed by atoms with E-state index in [2.05, 4.69) is 0 Å². The Balaban J connectivity index is 2.59. The molecule has 1 aliphatic heterocycles. The van der Waals surface area contributed by atoms with Crippen LogP contribution in [-0.2, 0) is 4.79 Å². The number of benzene rings is 1. The molecule has 2 rings (SSSR count). The maximum absolute atomic E-state index is 11.5. The van der Waals surface area contributed by atoms with E-state index in [9.17, 15) is 19.7 Å². The summed E-state index contributed by atoms with van der Waals surface area (Å²) in [4.78, 5) is 34.2. The first-order valence-electron chi connectivity index (χ1n) is 4.71. The number of rotatable bonds is 2. The van der Waals surface area contributed by atoms with Crippen molar-refractivity contribution in [1.82, 2.24) is 0 Å². The lowest BCUT2D eigenvalue weighted by molar-refractivity contribution is -0.384. The summed E-state index contributed by atoms with van der Waals surface area (Å²) < 4.78 is 0. The Morgan fingerprint density at radius 2 is 2.06 bits per heavy atom. The van der Waals surface area contributed by atoms with Gasteiger partial charge in [-0.3, -0.25) is 19.7 Å². The summed E-state index contributed by atoms with van der Waals surface area (Å²) >= 11 is 0. The number of likely N-dealkylation sites (N-methyl/N-ethyl adjacent to an activating group) is 1. The van der Waals surface area contributed by atoms with Crippen LogP contribution in [0, 0.1) is 10.1 Å². The summed E-state index contributed by atoms with van der Waals surface area (Å²) in [6.45, 7) is 2.03. The first-order valence-corrected chi connectivity index (χ1v) is 4.71. The SMILES string of the molecule is CCN1C(=O)C(=O)c2ccc([N+](=O)[O-])cc21. The zero-order valence-corrected chi connectivity index (χ0v) is 8.47. The van der Waals surface area contributed by atoms with Gasteiger partial charge in [-0.2, -0.15) is 0 Å². The van der Waals surface area contributed by atoms with E-state index in [0.29, 0.717) is 12.2 Å².